The summed E-state index contributed by atoms with van der Waals surface area (Å²) >= 11 is 0. The Labute approximate surface area is 124 Å². The predicted molar refractivity (Wildman–Crippen MR) is 80.9 cm³/mol. The van der Waals surface area contributed by atoms with E-state index < -0.39 is 16.9 Å². The van der Waals surface area contributed by atoms with E-state index in [1.165, 1.54) is 4.90 Å². The highest BCUT2D eigenvalue weighted by Crippen LogP contribution is 2.35. The van der Waals surface area contributed by atoms with Crippen molar-refractivity contribution in [2.24, 2.45) is 0 Å². The van der Waals surface area contributed by atoms with Crippen LogP contribution in [0.3, 0.4) is 0 Å². The zero-order valence-electron chi connectivity index (χ0n) is 12.7. The highest BCUT2D eigenvalue weighted by atomic mass is 16.4. The van der Waals surface area contributed by atoms with Gasteiger partial charge in [-0.15, -0.1) is 0 Å². The van der Waals surface area contributed by atoms with Gasteiger partial charge in [-0.05, 0) is 51.3 Å². The molecule has 1 unspecified atom stereocenters. The number of anilines is 1. The fraction of sp³-hybridized carbons (Fsp3) is 0.500. The highest BCUT2D eigenvalue weighted by molar-refractivity contribution is 5.93. The molecule has 0 aromatic heterocycles. The summed E-state index contributed by atoms with van der Waals surface area (Å²) in [5, 5.41) is 9.45. The molecule has 1 aromatic carbocycles. The molecule has 0 aliphatic carbocycles. The average Bonchev–Trinajstić information content (AvgIpc) is 2.81. The number of likely N-dealkylation sites (tertiary alicyclic amines) is 1. The first-order valence-corrected chi connectivity index (χ1v) is 7.11. The van der Waals surface area contributed by atoms with Gasteiger partial charge in [0.15, 0.2) is 0 Å². The zero-order valence-corrected chi connectivity index (χ0v) is 12.7. The fourth-order valence-corrected chi connectivity index (χ4v) is 2.87. The molecular formula is C16H22N2O3. The topological polar surface area (TPSA) is 83.6 Å². The molecule has 1 saturated heterocycles. The molecule has 0 spiro atoms. The van der Waals surface area contributed by atoms with Crippen LogP contribution in [0.15, 0.2) is 24.3 Å². The molecule has 0 bridgehead atoms. The Hall–Kier alpha value is -2.04. The molecule has 1 fully saturated rings. The number of nitrogen functional groups attached to an aromatic ring is 1. The number of carboxylic acids is 1. The number of carboxylic acid groups (broad SMARTS) is 1. The van der Waals surface area contributed by atoms with Crippen molar-refractivity contribution in [3.8, 4) is 0 Å². The van der Waals surface area contributed by atoms with E-state index in [0.717, 1.165) is 5.56 Å². The van der Waals surface area contributed by atoms with Gasteiger partial charge in [0.1, 0.15) is 5.54 Å². The summed E-state index contributed by atoms with van der Waals surface area (Å²) in [6, 6.07) is 7.15. The number of hydrogen-bond acceptors (Lipinski definition) is 3. The first-order valence-electron chi connectivity index (χ1n) is 7.11. The Balaban J connectivity index is 2.34. The third-order valence-electron chi connectivity index (χ3n) is 4.51. The molecule has 1 aliphatic heterocycles. The molecule has 21 heavy (non-hydrogen) atoms. The number of amides is 1. The molecule has 0 radical (unpaired) electrons. The minimum atomic E-state index is -1.11. The van der Waals surface area contributed by atoms with Crippen LogP contribution in [0.1, 0.15) is 39.2 Å². The van der Waals surface area contributed by atoms with Crippen LogP contribution in [0.2, 0.25) is 0 Å². The van der Waals surface area contributed by atoms with E-state index in [-0.39, 0.29) is 5.91 Å². The van der Waals surface area contributed by atoms with Gasteiger partial charge in [-0.1, -0.05) is 12.1 Å². The minimum absolute atomic E-state index is 0.158. The molecule has 1 amide bonds. The molecule has 1 atom stereocenters. The third-order valence-corrected chi connectivity index (χ3v) is 4.51. The lowest BCUT2D eigenvalue weighted by molar-refractivity contribution is -0.157. The van der Waals surface area contributed by atoms with Crippen LogP contribution in [-0.4, -0.2) is 34.0 Å². The van der Waals surface area contributed by atoms with E-state index >= 15 is 0 Å². The van der Waals surface area contributed by atoms with E-state index in [4.69, 9.17) is 5.73 Å². The maximum absolute atomic E-state index is 12.9. The van der Waals surface area contributed by atoms with E-state index in [1.807, 2.05) is 26.0 Å². The molecule has 2 rings (SSSR count). The molecule has 114 valence electrons. The van der Waals surface area contributed by atoms with E-state index in [1.54, 1.807) is 19.1 Å². The van der Waals surface area contributed by atoms with Crippen LogP contribution in [0, 0.1) is 0 Å². The van der Waals surface area contributed by atoms with Gasteiger partial charge in [0.2, 0.25) is 5.91 Å². The smallest absolute Gasteiger partial charge is 0.329 e. The number of aliphatic carboxylic acids is 1. The number of carbonyl (C=O) groups is 2. The van der Waals surface area contributed by atoms with Gasteiger partial charge in [0, 0.05) is 12.2 Å². The second-order valence-corrected chi connectivity index (χ2v) is 6.39. The van der Waals surface area contributed by atoms with Crippen molar-refractivity contribution in [3.05, 3.63) is 29.8 Å². The third kappa shape index (κ3) is 2.48. The molecule has 1 aliphatic rings. The maximum atomic E-state index is 12.9. The van der Waals surface area contributed by atoms with Crippen LogP contribution in [0.25, 0.3) is 0 Å². The average molecular weight is 290 g/mol. The Bertz CT molecular complexity index is 565. The van der Waals surface area contributed by atoms with E-state index in [0.29, 0.717) is 25.1 Å². The van der Waals surface area contributed by atoms with Crippen LogP contribution < -0.4 is 5.73 Å². The van der Waals surface area contributed by atoms with Crippen molar-refractivity contribution in [3.63, 3.8) is 0 Å². The monoisotopic (exact) mass is 290 g/mol. The lowest BCUT2D eigenvalue weighted by Gasteiger charge is -2.37. The number of hydrogen-bond donors (Lipinski definition) is 2. The summed E-state index contributed by atoms with van der Waals surface area (Å²) < 4.78 is 0. The summed E-state index contributed by atoms with van der Waals surface area (Å²) in [6.07, 6.45) is 1.21. The van der Waals surface area contributed by atoms with Crippen LogP contribution in [-0.2, 0) is 15.0 Å². The Kier molecular flexibility index (Phi) is 3.70. The van der Waals surface area contributed by atoms with E-state index in [9.17, 15) is 14.7 Å². The SMILES string of the molecule is CC(C)(C(=O)N1CCCC1(C)C(=O)O)c1ccc(N)cc1. The standard InChI is InChI=1S/C16H22N2O3/c1-15(2,11-5-7-12(17)8-6-11)13(19)18-10-4-9-16(18,3)14(20)21/h5-8H,4,9-10,17H2,1-3H3,(H,20,21). The first kappa shape index (κ1) is 15.4. The predicted octanol–water partition coefficient (Wildman–Crippen LogP) is 2.01. The normalized spacial score (nSPS) is 22.3. The van der Waals surface area contributed by atoms with Gasteiger partial charge in [-0.3, -0.25) is 4.79 Å². The van der Waals surface area contributed by atoms with Gasteiger partial charge in [-0.2, -0.15) is 0 Å². The second kappa shape index (κ2) is 5.06. The number of nitrogens with zero attached hydrogens (tertiary/aromatic N) is 1. The summed E-state index contributed by atoms with van der Waals surface area (Å²) in [4.78, 5) is 25.9. The summed E-state index contributed by atoms with van der Waals surface area (Å²) in [7, 11) is 0. The van der Waals surface area contributed by atoms with Gasteiger partial charge >= 0.3 is 5.97 Å². The van der Waals surface area contributed by atoms with Crippen molar-refractivity contribution >= 4 is 17.6 Å². The van der Waals surface area contributed by atoms with E-state index in [2.05, 4.69) is 0 Å². The van der Waals surface area contributed by atoms with Crippen LogP contribution in [0.5, 0.6) is 0 Å². The molecule has 0 saturated carbocycles. The number of carbonyl (C=O) groups excluding carboxylic acids is 1. The first-order chi connectivity index (χ1) is 9.69. The minimum Gasteiger partial charge on any atom is -0.480 e. The van der Waals surface area contributed by atoms with Crippen molar-refractivity contribution in [2.75, 3.05) is 12.3 Å². The lowest BCUT2D eigenvalue weighted by Crippen LogP contribution is -2.55. The lowest BCUT2D eigenvalue weighted by atomic mass is 9.82. The Morgan fingerprint density at radius 1 is 1.29 bits per heavy atom. The number of nitrogens with two attached hydrogens (primary N) is 1. The number of rotatable bonds is 3. The Morgan fingerprint density at radius 3 is 2.38 bits per heavy atom. The molecule has 1 heterocycles. The molecule has 3 N–H and O–H groups in total. The second-order valence-electron chi connectivity index (χ2n) is 6.39. The van der Waals surface area contributed by atoms with Gasteiger partial charge in [-0.25, -0.2) is 4.79 Å². The van der Waals surface area contributed by atoms with Gasteiger partial charge in [0.25, 0.3) is 0 Å². The van der Waals surface area contributed by atoms with Crippen molar-refractivity contribution in [2.45, 2.75) is 44.6 Å². The Morgan fingerprint density at radius 2 is 1.86 bits per heavy atom. The van der Waals surface area contributed by atoms with Crippen LogP contribution >= 0.6 is 0 Å². The number of benzene rings is 1. The highest BCUT2D eigenvalue weighted by Gasteiger charge is 2.49. The zero-order chi connectivity index (χ0) is 15.8. The molecule has 1 aromatic rings. The van der Waals surface area contributed by atoms with Crippen LogP contribution in [0.4, 0.5) is 5.69 Å². The summed E-state index contributed by atoms with van der Waals surface area (Å²) in [6.45, 7) is 5.75. The largest absolute Gasteiger partial charge is 0.480 e. The summed E-state index contributed by atoms with van der Waals surface area (Å²) in [5.74, 6) is -1.10. The molecule has 5 nitrogen and oxygen atoms in total. The van der Waals surface area contributed by atoms with Crippen molar-refractivity contribution < 1.29 is 14.7 Å². The molecule has 5 heteroatoms. The quantitative estimate of drug-likeness (QED) is 0.834. The van der Waals surface area contributed by atoms with Crippen molar-refractivity contribution in [1.29, 1.82) is 0 Å². The maximum Gasteiger partial charge on any atom is 0.329 e. The van der Waals surface area contributed by atoms with Gasteiger partial charge in [0.05, 0.1) is 5.41 Å². The van der Waals surface area contributed by atoms with Gasteiger partial charge < -0.3 is 15.7 Å². The summed E-state index contributed by atoms with van der Waals surface area (Å²) in [5.41, 5.74) is 5.26. The van der Waals surface area contributed by atoms with Crippen molar-refractivity contribution in [1.82, 2.24) is 4.90 Å². The molecular weight excluding hydrogens is 268 g/mol. The fourth-order valence-electron chi connectivity index (χ4n) is 2.87.